The van der Waals surface area contributed by atoms with Gasteiger partial charge in [0.1, 0.15) is 19.3 Å². The first kappa shape index (κ1) is 94.1. The van der Waals surface area contributed by atoms with Crippen molar-refractivity contribution >= 4 is 39.5 Å². The van der Waals surface area contributed by atoms with Crippen LogP contribution < -0.4 is 0 Å². The van der Waals surface area contributed by atoms with Crippen molar-refractivity contribution in [3.8, 4) is 0 Å². The molecule has 5 atom stereocenters. The number of unbranched alkanes of at least 4 members (excludes halogenated alkanes) is 46. The zero-order valence-corrected chi connectivity index (χ0v) is 64.5. The van der Waals surface area contributed by atoms with E-state index in [4.69, 9.17) is 37.0 Å². The number of aliphatic hydroxyl groups is 1. The Morgan fingerprint density at radius 3 is 0.708 bits per heavy atom. The summed E-state index contributed by atoms with van der Waals surface area (Å²) < 4.78 is 68.5. The zero-order chi connectivity index (χ0) is 70.7. The van der Waals surface area contributed by atoms with Gasteiger partial charge in [0, 0.05) is 25.7 Å². The topological polar surface area (TPSA) is 237 Å². The summed E-state index contributed by atoms with van der Waals surface area (Å²) in [7, 11) is -9.91. The maximum Gasteiger partial charge on any atom is 0.472 e. The number of ether oxygens (including phenoxy) is 4. The van der Waals surface area contributed by atoms with E-state index in [0.29, 0.717) is 25.7 Å². The number of phosphoric ester groups is 2. The lowest BCUT2D eigenvalue weighted by Gasteiger charge is -2.21. The fourth-order valence-corrected chi connectivity index (χ4v) is 13.4. The Bertz CT molecular complexity index is 1860. The Morgan fingerprint density at radius 1 is 0.281 bits per heavy atom. The van der Waals surface area contributed by atoms with Crippen LogP contribution >= 0.6 is 15.6 Å². The van der Waals surface area contributed by atoms with E-state index in [-0.39, 0.29) is 25.7 Å². The molecule has 0 amide bonds. The highest BCUT2D eigenvalue weighted by Crippen LogP contribution is 2.45. The van der Waals surface area contributed by atoms with Crippen LogP contribution in [0.5, 0.6) is 0 Å². The van der Waals surface area contributed by atoms with Gasteiger partial charge in [0.15, 0.2) is 12.2 Å². The molecule has 0 aromatic heterocycles. The highest BCUT2D eigenvalue weighted by Gasteiger charge is 2.30. The van der Waals surface area contributed by atoms with Crippen molar-refractivity contribution in [1.29, 1.82) is 0 Å². The summed E-state index contributed by atoms with van der Waals surface area (Å²) in [4.78, 5) is 72.7. The average molecular weight is 1410 g/mol. The third kappa shape index (κ3) is 70.5. The van der Waals surface area contributed by atoms with Crippen molar-refractivity contribution in [3.05, 3.63) is 0 Å². The maximum atomic E-state index is 13.1. The number of esters is 4. The van der Waals surface area contributed by atoms with Crippen molar-refractivity contribution in [3.63, 3.8) is 0 Å². The summed E-state index contributed by atoms with van der Waals surface area (Å²) in [6, 6.07) is 0. The van der Waals surface area contributed by atoms with E-state index in [1.807, 2.05) is 0 Å². The molecular weight excluding hydrogens is 1260 g/mol. The summed E-state index contributed by atoms with van der Waals surface area (Å²) >= 11 is 0. The lowest BCUT2D eigenvalue weighted by molar-refractivity contribution is -0.161. The van der Waals surface area contributed by atoms with Gasteiger partial charge in [0.25, 0.3) is 0 Å². The fraction of sp³-hybridized carbons (Fsp3) is 0.948. The second-order valence-corrected chi connectivity index (χ2v) is 31.6. The van der Waals surface area contributed by atoms with Crippen LogP contribution in [0.3, 0.4) is 0 Å². The third-order valence-electron chi connectivity index (χ3n) is 18.0. The molecule has 0 radical (unpaired) electrons. The van der Waals surface area contributed by atoms with Crippen LogP contribution in [0.15, 0.2) is 0 Å². The first-order valence-corrected chi connectivity index (χ1v) is 43.0. The number of carbonyl (C=O) groups is 4. The van der Waals surface area contributed by atoms with E-state index in [1.54, 1.807) is 0 Å². The van der Waals surface area contributed by atoms with Crippen molar-refractivity contribution in [2.45, 2.75) is 419 Å². The number of hydrogen-bond acceptors (Lipinski definition) is 15. The molecule has 0 saturated carbocycles. The van der Waals surface area contributed by atoms with Crippen LogP contribution in [0, 0.1) is 11.8 Å². The average Bonchev–Trinajstić information content (AvgIpc) is 1.19. The molecule has 0 heterocycles. The van der Waals surface area contributed by atoms with E-state index < -0.39 is 97.5 Å². The van der Waals surface area contributed by atoms with Crippen molar-refractivity contribution in [2.24, 2.45) is 11.8 Å². The molecule has 0 saturated heterocycles. The lowest BCUT2D eigenvalue weighted by atomic mass is 10.0. The highest BCUT2D eigenvalue weighted by molar-refractivity contribution is 7.47. The molecule has 0 rings (SSSR count). The van der Waals surface area contributed by atoms with Crippen LogP contribution in [0.25, 0.3) is 0 Å². The number of rotatable bonds is 76. The van der Waals surface area contributed by atoms with E-state index in [1.165, 1.54) is 212 Å². The minimum Gasteiger partial charge on any atom is -0.462 e. The van der Waals surface area contributed by atoms with Gasteiger partial charge in [-0.2, -0.15) is 0 Å². The summed E-state index contributed by atoms with van der Waals surface area (Å²) in [5.74, 6) is -0.571. The normalized spacial score (nSPS) is 14.0. The smallest absolute Gasteiger partial charge is 0.462 e. The molecule has 19 heteroatoms. The first-order chi connectivity index (χ1) is 46.4. The maximum absolute atomic E-state index is 13.1. The molecule has 0 aromatic rings. The molecule has 0 bridgehead atoms. The van der Waals surface area contributed by atoms with Gasteiger partial charge in [-0.25, -0.2) is 9.13 Å². The Balaban J connectivity index is 5.20. The first-order valence-electron chi connectivity index (χ1n) is 40.0. The summed E-state index contributed by atoms with van der Waals surface area (Å²) in [5, 5.41) is 10.6. The highest BCUT2D eigenvalue weighted by atomic mass is 31.2. The van der Waals surface area contributed by atoms with Crippen molar-refractivity contribution in [1.82, 2.24) is 0 Å². The number of carbonyl (C=O) groups excluding carboxylic acids is 4. The van der Waals surface area contributed by atoms with Gasteiger partial charge < -0.3 is 33.8 Å². The fourth-order valence-electron chi connectivity index (χ4n) is 11.8. The van der Waals surface area contributed by atoms with E-state index in [0.717, 1.165) is 108 Å². The summed E-state index contributed by atoms with van der Waals surface area (Å²) in [5.41, 5.74) is 0. The summed E-state index contributed by atoms with van der Waals surface area (Å²) in [6.45, 7) is 9.58. The Labute approximate surface area is 588 Å². The largest absolute Gasteiger partial charge is 0.472 e. The molecule has 0 aromatic carbocycles. The van der Waals surface area contributed by atoms with Gasteiger partial charge in [0.2, 0.25) is 0 Å². The molecule has 3 N–H and O–H groups in total. The number of aliphatic hydroxyl groups excluding tert-OH is 1. The van der Waals surface area contributed by atoms with E-state index in [9.17, 15) is 43.2 Å². The lowest BCUT2D eigenvalue weighted by Crippen LogP contribution is -2.30. The number of hydrogen-bond donors (Lipinski definition) is 3. The second-order valence-electron chi connectivity index (χ2n) is 28.7. The van der Waals surface area contributed by atoms with Crippen molar-refractivity contribution < 1.29 is 80.2 Å². The van der Waals surface area contributed by atoms with Gasteiger partial charge in [0.05, 0.1) is 26.4 Å². The Kier molecular flexibility index (Phi) is 67.4. The van der Waals surface area contributed by atoms with Crippen LogP contribution in [0.4, 0.5) is 0 Å². The van der Waals surface area contributed by atoms with E-state index in [2.05, 4.69) is 41.5 Å². The minimum atomic E-state index is -4.96. The van der Waals surface area contributed by atoms with E-state index >= 15 is 0 Å². The van der Waals surface area contributed by atoms with Crippen LogP contribution in [-0.2, 0) is 65.4 Å². The zero-order valence-electron chi connectivity index (χ0n) is 62.7. The molecule has 570 valence electrons. The molecule has 2 unspecified atom stereocenters. The van der Waals surface area contributed by atoms with Gasteiger partial charge in [-0.05, 0) is 37.5 Å². The van der Waals surface area contributed by atoms with Gasteiger partial charge >= 0.3 is 39.5 Å². The quantitative estimate of drug-likeness (QED) is 0.0222. The second kappa shape index (κ2) is 68.8. The Hall–Kier alpha value is -1.94. The van der Waals surface area contributed by atoms with Gasteiger partial charge in [-0.15, -0.1) is 0 Å². The molecule has 0 aliphatic rings. The van der Waals surface area contributed by atoms with Crippen LogP contribution in [0.2, 0.25) is 0 Å². The molecule has 17 nitrogen and oxygen atoms in total. The van der Waals surface area contributed by atoms with Gasteiger partial charge in [-0.1, -0.05) is 350 Å². The predicted octanol–water partition coefficient (Wildman–Crippen LogP) is 22.7. The molecule has 0 fully saturated rings. The Morgan fingerprint density at radius 2 is 0.479 bits per heavy atom. The molecule has 0 aliphatic heterocycles. The molecular formula is C77H150O17P2. The third-order valence-corrected chi connectivity index (χ3v) is 19.9. The molecule has 0 spiro atoms. The van der Waals surface area contributed by atoms with Gasteiger partial charge in [-0.3, -0.25) is 37.3 Å². The van der Waals surface area contributed by atoms with Crippen LogP contribution in [-0.4, -0.2) is 96.7 Å². The minimum absolute atomic E-state index is 0.105. The molecule has 96 heavy (non-hydrogen) atoms. The predicted molar refractivity (Wildman–Crippen MR) is 391 cm³/mol. The van der Waals surface area contributed by atoms with Crippen molar-refractivity contribution in [2.75, 3.05) is 39.6 Å². The monoisotopic (exact) mass is 1410 g/mol. The standard InChI is InChI=1S/C77H150O17P2/c1-7-9-11-13-15-17-18-19-20-21-25-28-31-36-42-48-54-60-75(80)88-66-73(93-76(81)61-55-49-43-37-32-29-26-23-22-24-27-30-34-39-45-51-57-69(3)4)68-92-96(85,86)90-64-71(78)63-89-95(83,84)91-67-72(65-87-74(79)59-53-47-41-16-14-12-10-8-2)94-77(82)62-56-50-44-38-33-35-40-46-52-58-70(5)6/h69-73,78H,7-68H2,1-6H3,(H,83,84)(H,85,86)/t71-,72+,73+/m0/s1. The summed E-state index contributed by atoms with van der Waals surface area (Å²) in [6.07, 6.45) is 57.0. The SMILES string of the molecule is CCCCCCCCCCCCCCCCCCCC(=O)OC[C@H](COP(=O)(O)OC[C@@H](O)COP(=O)(O)OC[C@@H](COC(=O)CCCCCCCCCC)OC(=O)CCCCCCCCCCCC(C)C)OC(=O)CCCCCCCCCCCCCCCCCCC(C)C. The number of phosphoric acid groups is 2. The molecule has 0 aliphatic carbocycles. The van der Waals surface area contributed by atoms with Crippen LogP contribution in [0.1, 0.15) is 401 Å².